The molecular formula is C10H14N2O4. The van der Waals surface area contributed by atoms with Crippen LogP contribution in [0.4, 0.5) is 0 Å². The predicted molar refractivity (Wildman–Crippen MR) is 56.3 cm³/mol. The highest BCUT2D eigenvalue weighted by molar-refractivity contribution is 4.88. The first-order valence-corrected chi connectivity index (χ1v) is 5.11. The molecule has 1 aliphatic rings. The van der Waals surface area contributed by atoms with Crippen molar-refractivity contribution in [3.63, 3.8) is 0 Å². The Kier molecular flexibility index (Phi) is 2.93. The highest BCUT2D eigenvalue weighted by Gasteiger charge is 2.34. The van der Waals surface area contributed by atoms with Crippen molar-refractivity contribution in [1.82, 2.24) is 9.55 Å². The summed E-state index contributed by atoms with van der Waals surface area (Å²) >= 11 is 0. The topological polar surface area (TPSA) is 73.3 Å². The minimum absolute atomic E-state index is 0.0359. The van der Waals surface area contributed by atoms with Gasteiger partial charge in [-0.1, -0.05) is 0 Å². The third-order valence-electron chi connectivity index (χ3n) is 2.68. The van der Waals surface area contributed by atoms with Gasteiger partial charge in [-0.2, -0.15) is 0 Å². The Hall–Kier alpha value is -1.40. The van der Waals surface area contributed by atoms with Gasteiger partial charge < -0.3 is 9.47 Å². The molecule has 1 N–H and O–H groups in total. The second-order valence-electron chi connectivity index (χ2n) is 3.86. The zero-order valence-electron chi connectivity index (χ0n) is 9.17. The minimum atomic E-state index is -0.478. The summed E-state index contributed by atoms with van der Waals surface area (Å²) in [4.78, 5) is 24.7. The molecule has 1 aliphatic heterocycles. The Labute approximate surface area is 91.8 Å². The lowest BCUT2D eigenvalue weighted by molar-refractivity contribution is -0.0483. The van der Waals surface area contributed by atoms with E-state index in [1.54, 1.807) is 7.11 Å². The third kappa shape index (κ3) is 1.94. The predicted octanol–water partition coefficient (Wildman–Crippen LogP) is -0.141. The number of nitrogens with zero attached hydrogens (tertiary/aromatic N) is 1. The van der Waals surface area contributed by atoms with E-state index >= 15 is 0 Å². The zero-order chi connectivity index (χ0) is 11.7. The first-order valence-electron chi connectivity index (χ1n) is 5.11. The van der Waals surface area contributed by atoms with E-state index in [0.29, 0.717) is 0 Å². The summed E-state index contributed by atoms with van der Waals surface area (Å²) in [5.41, 5.74) is -0.894. The molecule has 2 heterocycles. The Morgan fingerprint density at radius 3 is 2.94 bits per heavy atom. The summed E-state index contributed by atoms with van der Waals surface area (Å²) in [6.45, 7) is 1.92. The van der Waals surface area contributed by atoms with Gasteiger partial charge in [-0.15, -0.1) is 0 Å². The van der Waals surface area contributed by atoms with Crippen molar-refractivity contribution >= 4 is 0 Å². The molecule has 1 fully saturated rings. The van der Waals surface area contributed by atoms with Crippen LogP contribution in [0.3, 0.4) is 0 Å². The first-order chi connectivity index (χ1) is 7.61. The second-order valence-corrected chi connectivity index (χ2v) is 3.86. The number of ether oxygens (including phenoxy) is 2. The lowest BCUT2D eigenvalue weighted by Crippen LogP contribution is -2.35. The fraction of sp³-hybridized carbons (Fsp3) is 0.600. The Balaban J connectivity index is 2.36. The van der Waals surface area contributed by atoms with Crippen molar-refractivity contribution in [2.45, 2.75) is 31.8 Å². The molecular weight excluding hydrogens is 212 g/mol. The molecule has 0 bridgehead atoms. The maximum Gasteiger partial charge on any atom is 0.330 e. The van der Waals surface area contributed by atoms with Crippen LogP contribution in [0.25, 0.3) is 0 Å². The minimum Gasteiger partial charge on any atom is -0.377 e. The van der Waals surface area contributed by atoms with E-state index in [2.05, 4.69) is 4.98 Å². The van der Waals surface area contributed by atoms with Crippen molar-refractivity contribution < 1.29 is 9.47 Å². The molecule has 16 heavy (non-hydrogen) atoms. The fourth-order valence-electron chi connectivity index (χ4n) is 1.91. The lowest BCUT2D eigenvalue weighted by atomic mass is 10.2. The van der Waals surface area contributed by atoms with Crippen molar-refractivity contribution in [3.8, 4) is 0 Å². The number of methoxy groups -OCH3 is 1. The van der Waals surface area contributed by atoms with Crippen LogP contribution in [0.15, 0.2) is 21.9 Å². The second kappa shape index (κ2) is 4.23. The average Bonchev–Trinajstić information content (AvgIpc) is 2.59. The number of hydrogen-bond donors (Lipinski definition) is 1. The summed E-state index contributed by atoms with van der Waals surface area (Å²) in [6, 6.07) is 1.29. The van der Waals surface area contributed by atoms with Crippen molar-refractivity contribution in [3.05, 3.63) is 33.1 Å². The van der Waals surface area contributed by atoms with Crippen molar-refractivity contribution in [2.75, 3.05) is 7.11 Å². The standard InChI is InChI=1S/C10H14N2O4/c1-6-5-7(15-2)9(16-6)12-4-3-8(13)11-10(12)14/h3-4,6-7,9H,5H2,1-2H3,(H,11,13,14)/t6-,7?,9-/m1/s1. The van der Waals surface area contributed by atoms with Gasteiger partial charge in [0.25, 0.3) is 5.56 Å². The third-order valence-corrected chi connectivity index (χ3v) is 2.68. The number of H-pyrrole nitrogens is 1. The molecule has 0 spiro atoms. The first kappa shape index (κ1) is 11.1. The van der Waals surface area contributed by atoms with Crippen LogP contribution in [0, 0.1) is 0 Å². The lowest BCUT2D eigenvalue weighted by Gasteiger charge is -2.18. The van der Waals surface area contributed by atoms with Gasteiger partial charge in [-0.3, -0.25) is 14.3 Å². The number of aromatic nitrogens is 2. The van der Waals surface area contributed by atoms with E-state index in [1.807, 2.05) is 6.92 Å². The number of nitrogens with one attached hydrogen (secondary N) is 1. The number of rotatable bonds is 2. The monoisotopic (exact) mass is 226 g/mol. The van der Waals surface area contributed by atoms with E-state index in [-0.39, 0.29) is 12.2 Å². The van der Waals surface area contributed by atoms with Gasteiger partial charge in [0.2, 0.25) is 0 Å². The molecule has 0 amide bonds. The van der Waals surface area contributed by atoms with Crippen molar-refractivity contribution in [2.24, 2.45) is 0 Å². The molecule has 1 unspecified atom stereocenters. The summed E-state index contributed by atoms with van der Waals surface area (Å²) < 4.78 is 12.2. The maximum atomic E-state index is 11.6. The average molecular weight is 226 g/mol. The smallest absolute Gasteiger partial charge is 0.330 e. The SMILES string of the molecule is COC1C[C@@H](C)O[C@H]1n1ccc(=O)[nH]c1=O. The number of hydrogen-bond acceptors (Lipinski definition) is 4. The van der Waals surface area contributed by atoms with Crippen LogP contribution >= 0.6 is 0 Å². The molecule has 0 radical (unpaired) electrons. The molecule has 1 saturated heterocycles. The fourth-order valence-corrected chi connectivity index (χ4v) is 1.91. The van der Waals surface area contributed by atoms with E-state index in [4.69, 9.17) is 9.47 Å². The Morgan fingerprint density at radius 1 is 1.56 bits per heavy atom. The van der Waals surface area contributed by atoms with E-state index in [0.717, 1.165) is 6.42 Å². The molecule has 0 aromatic carbocycles. The Bertz CT molecular complexity index is 478. The van der Waals surface area contributed by atoms with Crippen LogP contribution in [-0.2, 0) is 9.47 Å². The van der Waals surface area contributed by atoms with Gasteiger partial charge in [0.05, 0.1) is 6.10 Å². The van der Waals surface area contributed by atoms with E-state index in [9.17, 15) is 9.59 Å². The molecule has 6 nitrogen and oxygen atoms in total. The Morgan fingerprint density at radius 2 is 2.31 bits per heavy atom. The summed E-state index contributed by atoms with van der Waals surface area (Å²) in [5.74, 6) is 0. The summed E-state index contributed by atoms with van der Waals surface area (Å²) in [5, 5.41) is 0. The molecule has 3 atom stereocenters. The van der Waals surface area contributed by atoms with Crippen LogP contribution < -0.4 is 11.2 Å². The number of aromatic amines is 1. The van der Waals surface area contributed by atoms with E-state index in [1.165, 1.54) is 16.8 Å². The van der Waals surface area contributed by atoms with Gasteiger partial charge in [-0.25, -0.2) is 4.79 Å². The largest absolute Gasteiger partial charge is 0.377 e. The summed E-state index contributed by atoms with van der Waals surface area (Å²) in [6.07, 6.45) is 1.56. The van der Waals surface area contributed by atoms with Gasteiger partial charge in [0.15, 0.2) is 6.23 Å². The normalized spacial score (nSPS) is 29.5. The van der Waals surface area contributed by atoms with Crippen LogP contribution in [0.5, 0.6) is 0 Å². The van der Waals surface area contributed by atoms with Crippen molar-refractivity contribution in [1.29, 1.82) is 0 Å². The van der Waals surface area contributed by atoms with Gasteiger partial charge in [0.1, 0.15) is 6.10 Å². The highest BCUT2D eigenvalue weighted by Crippen LogP contribution is 2.29. The van der Waals surface area contributed by atoms with Crippen LogP contribution in [0.1, 0.15) is 19.6 Å². The van der Waals surface area contributed by atoms with E-state index < -0.39 is 17.5 Å². The van der Waals surface area contributed by atoms with Gasteiger partial charge in [-0.05, 0) is 6.92 Å². The van der Waals surface area contributed by atoms with Crippen LogP contribution in [0.2, 0.25) is 0 Å². The highest BCUT2D eigenvalue weighted by atomic mass is 16.6. The molecule has 0 aliphatic carbocycles. The van der Waals surface area contributed by atoms with Crippen LogP contribution in [-0.4, -0.2) is 28.9 Å². The molecule has 0 saturated carbocycles. The molecule has 1 aromatic rings. The maximum absolute atomic E-state index is 11.6. The van der Waals surface area contributed by atoms with Gasteiger partial charge >= 0.3 is 5.69 Å². The molecule has 2 rings (SSSR count). The summed E-state index contributed by atoms with van der Waals surface area (Å²) in [7, 11) is 1.58. The molecule has 88 valence electrons. The zero-order valence-corrected chi connectivity index (χ0v) is 9.17. The van der Waals surface area contributed by atoms with Gasteiger partial charge in [0, 0.05) is 25.8 Å². The quantitative estimate of drug-likeness (QED) is 0.761. The molecule has 6 heteroatoms. The molecule has 1 aromatic heterocycles.